The molecule has 0 saturated heterocycles. The molecule has 5 nitrogen and oxygen atoms in total. The number of nitrogens with zero attached hydrogens (tertiary/aromatic N) is 4. The zero-order valence-electron chi connectivity index (χ0n) is 14.5. The van der Waals surface area contributed by atoms with Gasteiger partial charge in [0.25, 0.3) is 0 Å². The summed E-state index contributed by atoms with van der Waals surface area (Å²) in [4.78, 5) is 13.9. The van der Waals surface area contributed by atoms with Crippen molar-refractivity contribution in [3.05, 3.63) is 52.6 Å². The van der Waals surface area contributed by atoms with Crippen molar-refractivity contribution in [1.82, 2.24) is 14.7 Å². The molecule has 134 valence electrons. The van der Waals surface area contributed by atoms with Gasteiger partial charge < -0.3 is 4.90 Å². The van der Waals surface area contributed by atoms with Crippen LogP contribution in [0.4, 0.5) is 4.39 Å². The lowest BCUT2D eigenvalue weighted by Crippen LogP contribution is -2.52. The molecule has 0 bridgehead atoms. The van der Waals surface area contributed by atoms with Gasteiger partial charge in [0.05, 0.1) is 17.5 Å². The highest BCUT2D eigenvalue weighted by Crippen LogP contribution is 2.36. The van der Waals surface area contributed by atoms with Gasteiger partial charge in [0, 0.05) is 18.7 Å². The second-order valence-corrected chi connectivity index (χ2v) is 6.76. The molecule has 0 atom stereocenters. The van der Waals surface area contributed by atoms with E-state index in [4.69, 9.17) is 11.6 Å². The van der Waals surface area contributed by atoms with Gasteiger partial charge in [-0.05, 0) is 56.5 Å². The molecule has 0 unspecified atom stereocenters. The molecule has 0 aliphatic heterocycles. The molecule has 1 aromatic carbocycles. The number of nitriles is 1. The van der Waals surface area contributed by atoms with Crippen LogP contribution in [-0.2, 0) is 4.79 Å². The van der Waals surface area contributed by atoms with Gasteiger partial charge in [-0.25, -0.2) is 9.07 Å². The predicted molar refractivity (Wildman–Crippen MR) is 97.3 cm³/mol. The molecule has 1 aliphatic carbocycles. The molecular weight excluding hydrogens is 355 g/mol. The Morgan fingerprint density at radius 3 is 2.62 bits per heavy atom. The van der Waals surface area contributed by atoms with Gasteiger partial charge in [-0.2, -0.15) is 10.4 Å². The van der Waals surface area contributed by atoms with Gasteiger partial charge in [-0.1, -0.05) is 11.6 Å². The minimum atomic E-state index is -0.696. The average molecular weight is 373 g/mol. The fourth-order valence-corrected chi connectivity index (χ4v) is 3.30. The lowest BCUT2D eigenvalue weighted by molar-refractivity contribution is -0.130. The van der Waals surface area contributed by atoms with E-state index < -0.39 is 5.54 Å². The standard InChI is InChI=1S/C19H18ClFN4O/c1-13-16(8-9-17(26)24(2)19(12-22)10-3-11-19)18(20)25(23-13)15-6-4-14(21)5-7-15/h4-9H,3,10-11H2,1-2H3/b9-8+. The van der Waals surface area contributed by atoms with Crippen molar-refractivity contribution in [2.24, 2.45) is 0 Å². The number of rotatable bonds is 4. The summed E-state index contributed by atoms with van der Waals surface area (Å²) in [6.07, 6.45) is 5.35. The number of aromatic nitrogens is 2. The fourth-order valence-electron chi connectivity index (χ4n) is 2.97. The summed E-state index contributed by atoms with van der Waals surface area (Å²) in [5, 5.41) is 14.0. The number of halogens is 2. The van der Waals surface area contributed by atoms with E-state index in [-0.39, 0.29) is 11.7 Å². The van der Waals surface area contributed by atoms with Crippen LogP contribution >= 0.6 is 11.6 Å². The van der Waals surface area contributed by atoms with E-state index in [1.807, 2.05) is 0 Å². The zero-order chi connectivity index (χ0) is 18.9. The molecule has 0 N–H and O–H groups in total. The monoisotopic (exact) mass is 372 g/mol. The average Bonchev–Trinajstić information content (AvgIpc) is 2.87. The van der Waals surface area contributed by atoms with Gasteiger partial charge in [0.1, 0.15) is 16.5 Å². The van der Waals surface area contributed by atoms with Crippen molar-refractivity contribution in [2.45, 2.75) is 31.7 Å². The first kappa shape index (κ1) is 18.2. The van der Waals surface area contributed by atoms with Crippen LogP contribution in [0.2, 0.25) is 5.15 Å². The molecule has 3 rings (SSSR count). The van der Waals surface area contributed by atoms with E-state index in [0.29, 0.717) is 34.9 Å². The van der Waals surface area contributed by atoms with Gasteiger partial charge in [0.2, 0.25) is 5.91 Å². The van der Waals surface area contributed by atoms with Crippen LogP contribution in [0.5, 0.6) is 0 Å². The Bertz CT molecular complexity index is 907. The first-order chi connectivity index (χ1) is 12.4. The summed E-state index contributed by atoms with van der Waals surface area (Å²) in [6.45, 7) is 1.78. The Morgan fingerprint density at radius 2 is 2.08 bits per heavy atom. The van der Waals surface area contributed by atoms with E-state index in [2.05, 4.69) is 11.2 Å². The van der Waals surface area contributed by atoms with Crippen molar-refractivity contribution >= 4 is 23.6 Å². The van der Waals surface area contributed by atoms with Gasteiger partial charge in [-0.15, -0.1) is 0 Å². The highest BCUT2D eigenvalue weighted by Gasteiger charge is 2.42. The molecule has 26 heavy (non-hydrogen) atoms. The molecule has 7 heteroatoms. The fraction of sp³-hybridized carbons (Fsp3) is 0.316. The maximum Gasteiger partial charge on any atom is 0.247 e. The third kappa shape index (κ3) is 3.11. The lowest BCUT2D eigenvalue weighted by Gasteiger charge is -2.42. The molecule has 0 radical (unpaired) electrons. The molecule has 1 amide bonds. The minimum absolute atomic E-state index is 0.253. The summed E-state index contributed by atoms with van der Waals surface area (Å²) in [5.74, 6) is -0.596. The lowest BCUT2D eigenvalue weighted by atomic mass is 9.76. The van der Waals surface area contributed by atoms with Crippen molar-refractivity contribution in [2.75, 3.05) is 7.05 Å². The molecule has 1 aromatic heterocycles. The van der Waals surface area contributed by atoms with Crippen LogP contribution in [0.1, 0.15) is 30.5 Å². The highest BCUT2D eigenvalue weighted by atomic mass is 35.5. The maximum absolute atomic E-state index is 13.1. The molecule has 1 aliphatic rings. The number of amides is 1. The highest BCUT2D eigenvalue weighted by molar-refractivity contribution is 6.31. The smallest absolute Gasteiger partial charge is 0.247 e. The number of likely N-dealkylation sites (N-methyl/N-ethyl adjacent to an activating group) is 1. The Balaban J connectivity index is 1.84. The Morgan fingerprint density at radius 1 is 1.42 bits per heavy atom. The maximum atomic E-state index is 13.1. The first-order valence-electron chi connectivity index (χ1n) is 8.26. The summed E-state index contributed by atoms with van der Waals surface area (Å²) >= 11 is 6.40. The van der Waals surface area contributed by atoms with E-state index >= 15 is 0 Å². The van der Waals surface area contributed by atoms with Crippen molar-refractivity contribution in [3.8, 4) is 11.8 Å². The largest absolute Gasteiger partial charge is 0.323 e. The van der Waals surface area contributed by atoms with E-state index in [0.717, 1.165) is 6.42 Å². The van der Waals surface area contributed by atoms with E-state index in [9.17, 15) is 14.4 Å². The van der Waals surface area contributed by atoms with Crippen LogP contribution in [0.15, 0.2) is 30.3 Å². The van der Waals surface area contributed by atoms with Crippen LogP contribution in [0.25, 0.3) is 11.8 Å². The predicted octanol–water partition coefficient (Wildman–Crippen LogP) is 3.89. The summed E-state index contributed by atoms with van der Waals surface area (Å²) in [6, 6.07) is 8.06. The molecular formula is C19H18ClFN4O. The Hall–Kier alpha value is -2.65. The molecule has 0 spiro atoms. The zero-order valence-corrected chi connectivity index (χ0v) is 15.3. The summed E-state index contributed by atoms with van der Waals surface area (Å²) in [7, 11) is 1.64. The number of carbonyl (C=O) groups is 1. The third-order valence-corrected chi connectivity index (χ3v) is 5.24. The van der Waals surface area contributed by atoms with E-state index in [1.165, 1.54) is 27.8 Å². The number of hydrogen-bond acceptors (Lipinski definition) is 3. The topological polar surface area (TPSA) is 61.9 Å². The minimum Gasteiger partial charge on any atom is -0.323 e. The van der Waals surface area contributed by atoms with Crippen LogP contribution < -0.4 is 0 Å². The Kier molecular flexibility index (Phi) is 4.84. The normalized spacial score (nSPS) is 15.5. The van der Waals surface area contributed by atoms with Crippen molar-refractivity contribution in [1.29, 1.82) is 5.26 Å². The first-order valence-corrected chi connectivity index (χ1v) is 8.64. The third-order valence-electron chi connectivity index (χ3n) is 4.87. The second kappa shape index (κ2) is 6.93. The van der Waals surface area contributed by atoms with Crippen LogP contribution in [0.3, 0.4) is 0 Å². The van der Waals surface area contributed by atoms with Gasteiger partial charge >= 0.3 is 0 Å². The quantitative estimate of drug-likeness (QED) is 0.765. The van der Waals surface area contributed by atoms with Crippen molar-refractivity contribution in [3.63, 3.8) is 0 Å². The van der Waals surface area contributed by atoms with Gasteiger partial charge in [-0.3, -0.25) is 4.79 Å². The van der Waals surface area contributed by atoms with Gasteiger partial charge in [0.15, 0.2) is 0 Å². The van der Waals surface area contributed by atoms with Crippen molar-refractivity contribution < 1.29 is 9.18 Å². The second-order valence-electron chi connectivity index (χ2n) is 6.41. The van der Waals surface area contributed by atoms with Crippen LogP contribution in [-0.4, -0.2) is 33.2 Å². The van der Waals surface area contributed by atoms with E-state index in [1.54, 1.807) is 32.2 Å². The number of carbonyl (C=O) groups excluding carboxylic acids is 1. The molecule has 1 fully saturated rings. The van der Waals surface area contributed by atoms with Crippen LogP contribution in [0, 0.1) is 24.1 Å². The summed E-state index contributed by atoms with van der Waals surface area (Å²) in [5.41, 5.74) is 1.18. The molecule has 1 heterocycles. The number of benzene rings is 1. The SMILES string of the molecule is Cc1nn(-c2ccc(F)cc2)c(Cl)c1/C=C/C(=O)N(C)C1(C#N)CCC1. The Labute approximate surface area is 156 Å². The number of hydrogen-bond donors (Lipinski definition) is 0. The molecule has 2 aromatic rings. The molecule has 1 saturated carbocycles. The summed E-state index contributed by atoms with van der Waals surface area (Å²) < 4.78 is 14.6. The number of aryl methyl sites for hydroxylation is 1.